The molecule has 0 heterocycles. The summed E-state index contributed by atoms with van der Waals surface area (Å²) in [6.07, 6.45) is -5.16. The predicted octanol–water partition coefficient (Wildman–Crippen LogP) is 4.45. The van der Waals surface area contributed by atoms with Gasteiger partial charge in [-0.15, -0.1) is 0 Å². The number of carbonyl (C=O) groups is 2. The predicted molar refractivity (Wildman–Crippen MR) is 104 cm³/mol. The number of anilines is 2. The summed E-state index contributed by atoms with van der Waals surface area (Å²) in [7, 11) is 0. The van der Waals surface area contributed by atoms with Gasteiger partial charge in [-0.05, 0) is 72.0 Å². The van der Waals surface area contributed by atoms with E-state index in [4.69, 9.17) is 11.6 Å². The van der Waals surface area contributed by atoms with Crippen LogP contribution in [-0.2, 0) is 4.79 Å². The molecule has 0 bridgehead atoms. The number of alkyl halides is 3. The number of hydrogen-bond donors (Lipinski definition) is 3. The fourth-order valence-electron chi connectivity index (χ4n) is 1.87. The second-order valence-electron chi connectivity index (χ2n) is 5.68. The molecule has 0 saturated heterocycles. The molecule has 0 aliphatic rings. The smallest absolute Gasteiger partial charge is 0.373 e. The van der Waals surface area contributed by atoms with E-state index in [1.165, 1.54) is 18.2 Å². The van der Waals surface area contributed by atoms with Gasteiger partial charge in [0.2, 0.25) is 5.60 Å². The lowest BCUT2D eigenvalue weighted by molar-refractivity contribution is -0.242. The lowest BCUT2D eigenvalue weighted by Gasteiger charge is -2.25. The van der Waals surface area contributed by atoms with Crippen molar-refractivity contribution in [1.82, 2.24) is 0 Å². The molecule has 144 valence electrons. The number of rotatable bonds is 4. The van der Waals surface area contributed by atoms with Gasteiger partial charge < -0.3 is 15.7 Å². The summed E-state index contributed by atoms with van der Waals surface area (Å²) in [5, 5.41) is 13.7. The zero-order valence-corrected chi connectivity index (χ0v) is 16.6. The Kier molecular flexibility index (Phi) is 6.38. The first-order chi connectivity index (χ1) is 12.4. The molecule has 0 saturated carbocycles. The maximum absolute atomic E-state index is 12.7. The highest BCUT2D eigenvalue weighted by molar-refractivity contribution is 14.1. The van der Waals surface area contributed by atoms with Crippen LogP contribution in [0.2, 0.25) is 5.02 Å². The zero-order valence-electron chi connectivity index (χ0n) is 13.7. The molecule has 0 aliphatic carbocycles. The highest BCUT2D eigenvalue weighted by Gasteiger charge is 2.55. The molecule has 27 heavy (non-hydrogen) atoms. The van der Waals surface area contributed by atoms with Crippen molar-refractivity contribution in [2.75, 3.05) is 10.6 Å². The molecule has 0 spiro atoms. The first kappa shape index (κ1) is 21.5. The number of hydrogen-bond acceptors (Lipinski definition) is 3. The summed E-state index contributed by atoms with van der Waals surface area (Å²) in [4.78, 5) is 23.9. The van der Waals surface area contributed by atoms with Gasteiger partial charge in [-0.1, -0.05) is 11.6 Å². The van der Waals surface area contributed by atoms with E-state index < -0.39 is 23.6 Å². The van der Waals surface area contributed by atoms with Crippen molar-refractivity contribution >= 4 is 57.4 Å². The zero-order chi connectivity index (χ0) is 20.4. The van der Waals surface area contributed by atoms with Crippen molar-refractivity contribution in [2.24, 2.45) is 0 Å². The van der Waals surface area contributed by atoms with Gasteiger partial charge in [0.25, 0.3) is 11.8 Å². The van der Waals surface area contributed by atoms with Gasteiger partial charge in [0.05, 0.1) is 10.7 Å². The van der Waals surface area contributed by atoms with E-state index in [0.29, 0.717) is 12.6 Å². The minimum absolute atomic E-state index is 0.138. The Morgan fingerprint density at radius 1 is 1.07 bits per heavy atom. The van der Waals surface area contributed by atoms with Gasteiger partial charge >= 0.3 is 6.18 Å². The Morgan fingerprint density at radius 2 is 1.67 bits per heavy atom. The van der Waals surface area contributed by atoms with E-state index in [2.05, 4.69) is 27.9 Å². The minimum Gasteiger partial charge on any atom is -0.373 e. The number of halogens is 5. The molecular formula is C17H13ClF3IN2O3. The van der Waals surface area contributed by atoms with E-state index in [1.54, 1.807) is 24.3 Å². The monoisotopic (exact) mass is 512 g/mol. The van der Waals surface area contributed by atoms with Crippen molar-refractivity contribution in [2.45, 2.75) is 18.7 Å². The van der Waals surface area contributed by atoms with Gasteiger partial charge in [0, 0.05) is 14.8 Å². The van der Waals surface area contributed by atoms with Crippen LogP contribution >= 0.6 is 34.2 Å². The average Bonchev–Trinajstić information content (AvgIpc) is 2.57. The average molecular weight is 513 g/mol. The van der Waals surface area contributed by atoms with Gasteiger partial charge in [-0.3, -0.25) is 9.59 Å². The van der Waals surface area contributed by atoms with Crippen LogP contribution in [0.5, 0.6) is 0 Å². The topological polar surface area (TPSA) is 78.4 Å². The molecule has 2 rings (SSSR count). The third-order valence-corrected chi connectivity index (χ3v) is 4.61. The Labute approximate surface area is 171 Å². The van der Waals surface area contributed by atoms with E-state index in [0.717, 1.165) is 3.57 Å². The summed E-state index contributed by atoms with van der Waals surface area (Å²) in [6.45, 7) is 0.332. The summed E-state index contributed by atoms with van der Waals surface area (Å²) < 4.78 is 39.1. The number of carbonyl (C=O) groups excluding carboxylic acids is 2. The van der Waals surface area contributed by atoms with Crippen LogP contribution in [0.15, 0.2) is 42.5 Å². The molecule has 2 amide bonds. The summed E-state index contributed by atoms with van der Waals surface area (Å²) in [5.74, 6) is -2.17. The summed E-state index contributed by atoms with van der Waals surface area (Å²) in [6, 6.07) is 10.7. The largest absolute Gasteiger partial charge is 0.426 e. The minimum atomic E-state index is -5.16. The molecule has 10 heteroatoms. The molecule has 0 aromatic heterocycles. The van der Waals surface area contributed by atoms with Crippen molar-refractivity contribution in [1.29, 1.82) is 0 Å². The van der Waals surface area contributed by atoms with Crippen LogP contribution in [0.4, 0.5) is 24.5 Å². The van der Waals surface area contributed by atoms with Crippen LogP contribution in [0.3, 0.4) is 0 Å². The lowest BCUT2D eigenvalue weighted by atomic mass is 10.1. The Bertz CT molecular complexity index is 871. The molecule has 3 N–H and O–H groups in total. The molecule has 0 radical (unpaired) electrons. The maximum atomic E-state index is 12.7. The van der Waals surface area contributed by atoms with Crippen molar-refractivity contribution < 1.29 is 27.9 Å². The SMILES string of the molecule is CC(O)(C(=O)Nc1ccc(C(=O)Nc2ccc(I)cc2)cc1Cl)C(F)(F)F. The van der Waals surface area contributed by atoms with Crippen LogP contribution < -0.4 is 10.6 Å². The van der Waals surface area contributed by atoms with Crippen LogP contribution in [0.25, 0.3) is 0 Å². The third-order valence-electron chi connectivity index (χ3n) is 3.58. The number of aliphatic hydroxyl groups is 1. The molecule has 1 atom stereocenters. The summed E-state index contributed by atoms with van der Waals surface area (Å²) in [5.41, 5.74) is -3.07. The number of benzene rings is 2. The number of amides is 2. The van der Waals surface area contributed by atoms with Crippen molar-refractivity contribution in [3.63, 3.8) is 0 Å². The summed E-state index contributed by atoms with van der Waals surface area (Å²) >= 11 is 8.06. The normalized spacial score (nSPS) is 13.6. The maximum Gasteiger partial charge on any atom is 0.426 e. The van der Waals surface area contributed by atoms with Gasteiger partial charge in [-0.2, -0.15) is 13.2 Å². The molecule has 2 aromatic rings. The van der Waals surface area contributed by atoms with Crippen molar-refractivity contribution in [3.05, 3.63) is 56.6 Å². The first-order valence-electron chi connectivity index (χ1n) is 7.39. The molecule has 0 aliphatic heterocycles. The van der Waals surface area contributed by atoms with Crippen molar-refractivity contribution in [3.8, 4) is 0 Å². The fourth-order valence-corrected chi connectivity index (χ4v) is 2.45. The first-order valence-corrected chi connectivity index (χ1v) is 8.84. The van der Waals surface area contributed by atoms with E-state index in [-0.39, 0.29) is 16.3 Å². The Morgan fingerprint density at radius 3 is 2.19 bits per heavy atom. The lowest BCUT2D eigenvalue weighted by Crippen LogP contribution is -2.52. The standard InChI is InChI=1S/C17H13ClF3IN2O3/c1-16(27,17(19,20)21)15(26)24-13-7-2-9(8-12(13)18)14(25)23-11-5-3-10(22)4-6-11/h2-8,27H,1H3,(H,23,25)(H,24,26). The fraction of sp³-hybridized carbons (Fsp3) is 0.176. The second kappa shape index (κ2) is 8.03. The van der Waals surface area contributed by atoms with E-state index >= 15 is 0 Å². The van der Waals surface area contributed by atoms with Gasteiger partial charge in [-0.25, -0.2) is 0 Å². The molecular weight excluding hydrogens is 500 g/mol. The Balaban J connectivity index is 2.14. The Hall–Kier alpha value is -1.85. The van der Waals surface area contributed by atoms with Gasteiger partial charge in [0.1, 0.15) is 0 Å². The molecule has 5 nitrogen and oxygen atoms in total. The van der Waals surface area contributed by atoms with Crippen LogP contribution in [-0.4, -0.2) is 28.7 Å². The van der Waals surface area contributed by atoms with Crippen LogP contribution in [0.1, 0.15) is 17.3 Å². The van der Waals surface area contributed by atoms with E-state index in [1.807, 2.05) is 5.32 Å². The highest BCUT2D eigenvalue weighted by atomic mass is 127. The third kappa shape index (κ3) is 5.11. The molecule has 0 fully saturated rings. The quantitative estimate of drug-likeness (QED) is 0.530. The van der Waals surface area contributed by atoms with Crippen LogP contribution in [0, 0.1) is 3.57 Å². The molecule has 2 aromatic carbocycles. The van der Waals surface area contributed by atoms with E-state index in [9.17, 15) is 27.9 Å². The van der Waals surface area contributed by atoms with Gasteiger partial charge in [0.15, 0.2) is 0 Å². The highest BCUT2D eigenvalue weighted by Crippen LogP contribution is 2.32. The number of nitrogens with one attached hydrogen (secondary N) is 2. The molecule has 1 unspecified atom stereocenters. The second-order valence-corrected chi connectivity index (χ2v) is 7.33.